The lowest BCUT2D eigenvalue weighted by atomic mass is 9.90. The number of likely N-dealkylation sites (N-methyl/N-ethyl adjacent to an activating group) is 1. The van der Waals surface area contributed by atoms with Crippen molar-refractivity contribution in [3.63, 3.8) is 0 Å². The van der Waals surface area contributed by atoms with Gasteiger partial charge in [0.05, 0.1) is 0 Å². The molecule has 0 heterocycles. The van der Waals surface area contributed by atoms with Crippen molar-refractivity contribution in [3.8, 4) is 0 Å². The Balaban J connectivity index is 2.09. The van der Waals surface area contributed by atoms with Crippen molar-refractivity contribution in [3.05, 3.63) is 34.9 Å². The maximum Gasteiger partial charge on any atom is 0.0136 e. The van der Waals surface area contributed by atoms with Gasteiger partial charge >= 0.3 is 0 Å². The minimum atomic E-state index is 0.679. The minimum absolute atomic E-state index is 0.679. The van der Waals surface area contributed by atoms with Crippen LogP contribution in [-0.2, 0) is 6.42 Å². The molecule has 0 aromatic heterocycles. The topological polar surface area (TPSA) is 12.0 Å². The van der Waals surface area contributed by atoms with Gasteiger partial charge in [-0.3, -0.25) is 0 Å². The summed E-state index contributed by atoms with van der Waals surface area (Å²) in [5.74, 6) is 0.893. The van der Waals surface area contributed by atoms with Crippen molar-refractivity contribution in [1.29, 1.82) is 0 Å². The van der Waals surface area contributed by atoms with E-state index in [1.54, 1.807) is 0 Å². The first kappa shape index (κ1) is 13.6. The third kappa shape index (κ3) is 3.35. The second-order valence-corrected chi connectivity index (χ2v) is 5.84. The molecule has 18 heavy (non-hydrogen) atoms. The monoisotopic (exact) mass is 245 g/mol. The average molecular weight is 245 g/mol. The van der Waals surface area contributed by atoms with Crippen molar-refractivity contribution in [2.24, 2.45) is 5.92 Å². The van der Waals surface area contributed by atoms with E-state index in [1.807, 2.05) is 0 Å². The SMILES string of the molecule is CCNC(Cc1cc(C)ccc1C)C1CCCC1. The molecule has 0 radical (unpaired) electrons. The average Bonchev–Trinajstić information content (AvgIpc) is 2.87. The zero-order valence-electron chi connectivity index (χ0n) is 12.1. The summed E-state index contributed by atoms with van der Waals surface area (Å²) in [5.41, 5.74) is 4.37. The molecule has 0 amide bonds. The number of aryl methyl sites for hydroxylation is 2. The van der Waals surface area contributed by atoms with Gasteiger partial charge in [-0.05, 0) is 56.7 Å². The third-order valence-corrected chi connectivity index (χ3v) is 4.38. The molecule has 0 bridgehead atoms. The molecule has 0 spiro atoms. The Morgan fingerprint density at radius 1 is 1.22 bits per heavy atom. The van der Waals surface area contributed by atoms with E-state index in [0.29, 0.717) is 6.04 Å². The molecule has 100 valence electrons. The molecular weight excluding hydrogens is 218 g/mol. The van der Waals surface area contributed by atoms with Crippen LogP contribution in [0.2, 0.25) is 0 Å². The van der Waals surface area contributed by atoms with Crippen LogP contribution in [0.1, 0.15) is 49.3 Å². The van der Waals surface area contributed by atoms with Crippen LogP contribution in [0.15, 0.2) is 18.2 Å². The van der Waals surface area contributed by atoms with Crippen molar-refractivity contribution in [1.82, 2.24) is 5.32 Å². The zero-order chi connectivity index (χ0) is 13.0. The molecule has 1 aliphatic rings. The Labute approximate surface area is 112 Å². The van der Waals surface area contributed by atoms with E-state index < -0.39 is 0 Å². The first-order chi connectivity index (χ1) is 8.70. The summed E-state index contributed by atoms with van der Waals surface area (Å²) in [6.45, 7) is 7.75. The highest BCUT2D eigenvalue weighted by molar-refractivity contribution is 5.31. The molecular formula is C17H27N. The van der Waals surface area contributed by atoms with E-state index in [-0.39, 0.29) is 0 Å². The molecule has 1 N–H and O–H groups in total. The molecule has 1 saturated carbocycles. The van der Waals surface area contributed by atoms with Crippen molar-refractivity contribution < 1.29 is 0 Å². The van der Waals surface area contributed by atoms with Gasteiger partial charge in [-0.25, -0.2) is 0 Å². The van der Waals surface area contributed by atoms with Gasteiger partial charge in [0.15, 0.2) is 0 Å². The molecule has 0 saturated heterocycles. The maximum atomic E-state index is 3.72. The van der Waals surface area contributed by atoms with Crippen LogP contribution < -0.4 is 5.32 Å². The smallest absolute Gasteiger partial charge is 0.0136 e. The second kappa shape index (κ2) is 6.38. The van der Waals surface area contributed by atoms with E-state index in [9.17, 15) is 0 Å². The lowest BCUT2D eigenvalue weighted by Crippen LogP contribution is -2.37. The molecule has 1 aromatic rings. The molecule has 1 fully saturated rings. The van der Waals surface area contributed by atoms with E-state index >= 15 is 0 Å². The Morgan fingerprint density at radius 2 is 1.94 bits per heavy atom. The van der Waals surface area contributed by atoms with Gasteiger partial charge in [0.25, 0.3) is 0 Å². The van der Waals surface area contributed by atoms with Gasteiger partial charge in [-0.15, -0.1) is 0 Å². The summed E-state index contributed by atoms with van der Waals surface area (Å²) in [5, 5.41) is 3.72. The highest BCUT2D eigenvalue weighted by Gasteiger charge is 2.24. The first-order valence-corrected chi connectivity index (χ1v) is 7.50. The number of nitrogens with one attached hydrogen (secondary N) is 1. The fraction of sp³-hybridized carbons (Fsp3) is 0.647. The van der Waals surface area contributed by atoms with Gasteiger partial charge in [-0.1, -0.05) is 43.5 Å². The largest absolute Gasteiger partial charge is 0.314 e. The Hall–Kier alpha value is -0.820. The van der Waals surface area contributed by atoms with Crippen molar-refractivity contribution in [2.45, 2.75) is 58.9 Å². The maximum absolute atomic E-state index is 3.72. The highest BCUT2D eigenvalue weighted by atomic mass is 14.9. The molecule has 1 atom stereocenters. The second-order valence-electron chi connectivity index (χ2n) is 5.84. The molecule has 1 aromatic carbocycles. The van der Waals surface area contributed by atoms with Gasteiger partial charge in [0.1, 0.15) is 0 Å². The molecule has 2 rings (SSSR count). The van der Waals surface area contributed by atoms with Gasteiger partial charge in [-0.2, -0.15) is 0 Å². The van der Waals surface area contributed by atoms with E-state index in [1.165, 1.54) is 48.8 Å². The summed E-state index contributed by atoms with van der Waals surface area (Å²) < 4.78 is 0. The van der Waals surface area contributed by atoms with Crippen LogP contribution in [0, 0.1) is 19.8 Å². The highest BCUT2D eigenvalue weighted by Crippen LogP contribution is 2.29. The number of hydrogen-bond acceptors (Lipinski definition) is 1. The Morgan fingerprint density at radius 3 is 2.61 bits per heavy atom. The number of rotatable bonds is 5. The van der Waals surface area contributed by atoms with Gasteiger partial charge in [0, 0.05) is 6.04 Å². The molecule has 1 heteroatoms. The summed E-state index contributed by atoms with van der Waals surface area (Å²) in [6.07, 6.45) is 6.90. The Kier molecular flexibility index (Phi) is 4.82. The zero-order valence-corrected chi connectivity index (χ0v) is 12.1. The molecule has 0 aliphatic heterocycles. The van der Waals surface area contributed by atoms with Gasteiger partial charge in [0.2, 0.25) is 0 Å². The molecule has 1 aliphatic carbocycles. The summed E-state index contributed by atoms with van der Waals surface area (Å²) in [4.78, 5) is 0. The number of benzene rings is 1. The van der Waals surface area contributed by atoms with Crippen molar-refractivity contribution >= 4 is 0 Å². The fourth-order valence-electron chi connectivity index (χ4n) is 3.28. The standard InChI is InChI=1S/C17H27N/c1-4-18-17(15-7-5-6-8-15)12-16-11-13(2)9-10-14(16)3/h9-11,15,17-18H,4-8,12H2,1-3H3. The third-order valence-electron chi connectivity index (χ3n) is 4.38. The van der Waals surface area contributed by atoms with E-state index in [4.69, 9.17) is 0 Å². The van der Waals surface area contributed by atoms with E-state index in [0.717, 1.165) is 12.5 Å². The lowest BCUT2D eigenvalue weighted by molar-refractivity contribution is 0.362. The molecule has 1 nitrogen and oxygen atoms in total. The van der Waals surface area contributed by atoms with Crippen LogP contribution in [0.4, 0.5) is 0 Å². The summed E-state index contributed by atoms with van der Waals surface area (Å²) >= 11 is 0. The van der Waals surface area contributed by atoms with Crippen LogP contribution in [0.3, 0.4) is 0 Å². The quantitative estimate of drug-likeness (QED) is 0.826. The lowest BCUT2D eigenvalue weighted by Gasteiger charge is -2.25. The fourth-order valence-corrected chi connectivity index (χ4v) is 3.28. The van der Waals surface area contributed by atoms with Crippen LogP contribution in [-0.4, -0.2) is 12.6 Å². The van der Waals surface area contributed by atoms with E-state index in [2.05, 4.69) is 44.3 Å². The predicted octanol–water partition coefficient (Wildman–Crippen LogP) is 4.01. The summed E-state index contributed by atoms with van der Waals surface area (Å²) in [6, 6.07) is 7.53. The normalized spacial score (nSPS) is 18.2. The first-order valence-electron chi connectivity index (χ1n) is 7.50. The van der Waals surface area contributed by atoms with Gasteiger partial charge < -0.3 is 5.32 Å². The summed E-state index contributed by atoms with van der Waals surface area (Å²) in [7, 11) is 0. The number of hydrogen-bond donors (Lipinski definition) is 1. The molecule has 1 unspecified atom stereocenters. The van der Waals surface area contributed by atoms with Crippen LogP contribution in [0.25, 0.3) is 0 Å². The predicted molar refractivity (Wildman–Crippen MR) is 79.0 cm³/mol. The minimum Gasteiger partial charge on any atom is -0.314 e. The Bertz CT molecular complexity index is 377. The van der Waals surface area contributed by atoms with Crippen LogP contribution >= 0.6 is 0 Å². The van der Waals surface area contributed by atoms with Crippen LogP contribution in [0.5, 0.6) is 0 Å². The van der Waals surface area contributed by atoms with Crippen molar-refractivity contribution in [2.75, 3.05) is 6.54 Å².